The molecule has 0 aliphatic heterocycles. The lowest BCUT2D eigenvalue weighted by Crippen LogP contribution is -1.90. The Morgan fingerprint density at radius 2 is 1.58 bits per heavy atom. The van der Waals surface area contributed by atoms with Crippen LogP contribution in [-0.2, 0) is 0 Å². The molecule has 4 aromatic rings. The van der Waals surface area contributed by atoms with Crippen LogP contribution in [0.2, 0.25) is 5.02 Å². The van der Waals surface area contributed by atoms with E-state index in [0.717, 1.165) is 22.4 Å². The summed E-state index contributed by atoms with van der Waals surface area (Å²) in [5.74, 6) is 0.861. The first-order chi connectivity index (χ1) is 12.6. The van der Waals surface area contributed by atoms with Crippen LogP contribution in [-0.4, -0.2) is 26.7 Å². The van der Waals surface area contributed by atoms with Gasteiger partial charge in [-0.2, -0.15) is 4.98 Å². The first-order valence-corrected chi connectivity index (χ1v) is 8.60. The summed E-state index contributed by atoms with van der Waals surface area (Å²) in [6, 6.07) is 17.5. The third-order valence-electron chi connectivity index (χ3n) is 4.07. The van der Waals surface area contributed by atoms with Gasteiger partial charge in [0.25, 0.3) is 6.01 Å². The van der Waals surface area contributed by atoms with E-state index in [4.69, 9.17) is 16.3 Å². The minimum atomic E-state index is -0.174. The fourth-order valence-corrected chi connectivity index (χ4v) is 3.10. The van der Waals surface area contributed by atoms with E-state index in [1.807, 2.05) is 55.5 Å². The van der Waals surface area contributed by atoms with Crippen molar-refractivity contribution in [3.05, 3.63) is 59.6 Å². The number of imidazole rings is 1. The molecule has 6 heteroatoms. The lowest BCUT2D eigenvalue weighted by atomic mass is 10.0. The van der Waals surface area contributed by atoms with E-state index in [2.05, 4.69) is 15.0 Å². The van der Waals surface area contributed by atoms with E-state index in [0.29, 0.717) is 28.5 Å². The average molecular weight is 366 g/mol. The highest BCUT2D eigenvalue weighted by Gasteiger charge is 2.11. The van der Waals surface area contributed by atoms with Gasteiger partial charge in [-0.3, -0.25) is 0 Å². The Hall–Kier alpha value is -3.05. The molecule has 5 nitrogen and oxygen atoms in total. The maximum Gasteiger partial charge on any atom is 0.293 e. The van der Waals surface area contributed by atoms with Crippen molar-refractivity contribution < 1.29 is 9.84 Å². The zero-order valence-electron chi connectivity index (χ0n) is 14.0. The predicted molar refractivity (Wildman–Crippen MR) is 103 cm³/mol. The number of nitrogens with one attached hydrogen (secondary N) is 1. The lowest BCUT2D eigenvalue weighted by molar-refractivity contribution is 0.340. The molecule has 0 amide bonds. The van der Waals surface area contributed by atoms with Crippen LogP contribution in [0.15, 0.2) is 54.6 Å². The van der Waals surface area contributed by atoms with E-state index < -0.39 is 0 Å². The molecule has 2 aromatic carbocycles. The first-order valence-electron chi connectivity index (χ1n) is 8.23. The first kappa shape index (κ1) is 16.4. The monoisotopic (exact) mass is 365 g/mol. The highest BCUT2D eigenvalue weighted by atomic mass is 35.5. The standard InChI is InChI=1S/C20H16ClN3O2/c1-2-26-15-9-7-13(8-10-15)12-3-5-14(6-4-12)18-16(21)11-17-19(23-18)24-20(25)22-17/h3-11H,2H2,1H3,(H2,22,23,24,25). The molecule has 2 aromatic heterocycles. The Balaban J connectivity index is 1.66. The minimum absolute atomic E-state index is 0.174. The van der Waals surface area contributed by atoms with Gasteiger partial charge >= 0.3 is 0 Å². The normalized spacial score (nSPS) is 11.0. The largest absolute Gasteiger partial charge is 0.494 e. The van der Waals surface area contributed by atoms with Crippen molar-refractivity contribution in [2.24, 2.45) is 0 Å². The Bertz CT molecular complexity index is 1060. The quantitative estimate of drug-likeness (QED) is 0.531. The van der Waals surface area contributed by atoms with Crippen LogP contribution in [0.5, 0.6) is 11.8 Å². The summed E-state index contributed by atoms with van der Waals surface area (Å²) in [7, 11) is 0. The topological polar surface area (TPSA) is 71.0 Å². The second kappa shape index (κ2) is 6.69. The molecule has 0 spiro atoms. The van der Waals surface area contributed by atoms with Crippen LogP contribution < -0.4 is 4.74 Å². The summed E-state index contributed by atoms with van der Waals surface area (Å²) in [5, 5.41) is 9.96. The summed E-state index contributed by atoms with van der Waals surface area (Å²) >= 11 is 6.35. The van der Waals surface area contributed by atoms with Crippen molar-refractivity contribution in [2.75, 3.05) is 6.61 Å². The number of pyridine rings is 1. The molecule has 0 saturated carbocycles. The third-order valence-corrected chi connectivity index (χ3v) is 4.36. The van der Waals surface area contributed by atoms with E-state index in [1.165, 1.54) is 0 Å². The van der Waals surface area contributed by atoms with E-state index in [-0.39, 0.29) is 6.01 Å². The smallest absolute Gasteiger partial charge is 0.293 e. The molecular formula is C20H16ClN3O2. The highest BCUT2D eigenvalue weighted by Crippen LogP contribution is 2.31. The summed E-state index contributed by atoms with van der Waals surface area (Å²) < 4.78 is 5.47. The predicted octanol–water partition coefficient (Wildman–Crippen LogP) is 5.05. The van der Waals surface area contributed by atoms with Gasteiger partial charge in [-0.05, 0) is 36.2 Å². The summed E-state index contributed by atoms with van der Waals surface area (Å²) in [6.07, 6.45) is 0. The Morgan fingerprint density at radius 3 is 2.23 bits per heavy atom. The Labute approximate surface area is 155 Å². The van der Waals surface area contributed by atoms with Gasteiger partial charge < -0.3 is 14.8 Å². The average Bonchev–Trinajstić information content (AvgIpc) is 3.01. The molecule has 0 bridgehead atoms. The van der Waals surface area contributed by atoms with Crippen LogP contribution in [0.3, 0.4) is 0 Å². The molecule has 0 fully saturated rings. The van der Waals surface area contributed by atoms with E-state index in [1.54, 1.807) is 6.07 Å². The molecule has 0 aliphatic carbocycles. The number of hydrogen-bond donors (Lipinski definition) is 2. The number of fused-ring (bicyclic) bond motifs is 1. The van der Waals surface area contributed by atoms with Crippen molar-refractivity contribution >= 4 is 22.8 Å². The number of benzene rings is 2. The number of aromatic hydroxyl groups is 1. The Kier molecular flexibility index (Phi) is 4.22. The molecule has 0 radical (unpaired) electrons. The molecule has 0 aliphatic rings. The number of rotatable bonds is 4. The van der Waals surface area contributed by atoms with Crippen LogP contribution in [0.4, 0.5) is 0 Å². The number of nitrogens with zero attached hydrogens (tertiary/aromatic N) is 2. The molecule has 2 heterocycles. The van der Waals surface area contributed by atoms with Crippen LogP contribution in [0.1, 0.15) is 6.92 Å². The summed E-state index contributed by atoms with van der Waals surface area (Å²) in [5.41, 5.74) is 4.73. The number of aromatic nitrogens is 3. The lowest BCUT2D eigenvalue weighted by Gasteiger charge is -2.07. The Morgan fingerprint density at radius 1 is 0.962 bits per heavy atom. The van der Waals surface area contributed by atoms with E-state index >= 15 is 0 Å². The van der Waals surface area contributed by atoms with Crippen LogP contribution in [0.25, 0.3) is 33.5 Å². The van der Waals surface area contributed by atoms with Gasteiger partial charge in [-0.25, -0.2) is 4.98 Å². The van der Waals surface area contributed by atoms with Gasteiger partial charge in [0, 0.05) is 5.56 Å². The second-order valence-electron chi connectivity index (χ2n) is 5.79. The van der Waals surface area contributed by atoms with Gasteiger partial charge in [0.05, 0.1) is 22.8 Å². The van der Waals surface area contributed by atoms with Crippen LogP contribution >= 0.6 is 11.6 Å². The maximum absolute atomic E-state index is 9.47. The zero-order chi connectivity index (χ0) is 18.1. The molecule has 26 heavy (non-hydrogen) atoms. The van der Waals surface area contributed by atoms with Crippen molar-refractivity contribution in [3.8, 4) is 34.1 Å². The molecular weight excluding hydrogens is 350 g/mol. The number of halogens is 1. The highest BCUT2D eigenvalue weighted by molar-refractivity contribution is 6.33. The summed E-state index contributed by atoms with van der Waals surface area (Å²) in [6.45, 7) is 2.62. The second-order valence-corrected chi connectivity index (χ2v) is 6.19. The number of H-pyrrole nitrogens is 1. The SMILES string of the molecule is CCOc1ccc(-c2ccc(-c3nc4nc(O)[nH]c4cc3Cl)cc2)cc1. The zero-order valence-corrected chi connectivity index (χ0v) is 14.8. The molecule has 0 unspecified atom stereocenters. The summed E-state index contributed by atoms with van der Waals surface area (Å²) in [4.78, 5) is 11.1. The number of ether oxygens (including phenoxy) is 1. The number of aromatic amines is 1. The van der Waals surface area contributed by atoms with Gasteiger partial charge in [0.1, 0.15) is 5.75 Å². The van der Waals surface area contributed by atoms with Gasteiger partial charge in [0.2, 0.25) is 0 Å². The molecule has 0 saturated heterocycles. The molecule has 0 atom stereocenters. The van der Waals surface area contributed by atoms with Crippen molar-refractivity contribution in [1.82, 2.24) is 15.0 Å². The third kappa shape index (κ3) is 3.09. The van der Waals surface area contributed by atoms with Gasteiger partial charge in [0.15, 0.2) is 5.65 Å². The molecule has 2 N–H and O–H groups in total. The molecule has 4 rings (SSSR count). The van der Waals surface area contributed by atoms with Crippen molar-refractivity contribution in [1.29, 1.82) is 0 Å². The fourth-order valence-electron chi connectivity index (χ4n) is 2.84. The van der Waals surface area contributed by atoms with Crippen molar-refractivity contribution in [3.63, 3.8) is 0 Å². The van der Waals surface area contributed by atoms with Gasteiger partial charge in [-0.1, -0.05) is 48.0 Å². The fraction of sp³-hybridized carbons (Fsp3) is 0.100. The van der Waals surface area contributed by atoms with Crippen molar-refractivity contribution in [2.45, 2.75) is 6.92 Å². The van der Waals surface area contributed by atoms with Gasteiger partial charge in [-0.15, -0.1) is 0 Å². The van der Waals surface area contributed by atoms with E-state index in [9.17, 15) is 5.11 Å². The molecule has 130 valence electrons. The minimum Gasteiger partial charge on any atom is -0.494 e. The van der Waals surface area contributed by atoms with Crippen LogP contribution in [0, 0.1) is 0 Å². The maximum atomic E-state index is 9.47. The number of hydrogen-bond acceptors (Lipinski definition) is 4.